The molecule has 0 N–H and O–H groups in total. The summed E-state index contributed by atoms with van der Waals surface area (Å²) in [7, 11) is 0. The molecule has 0 heterocycles. The van der Waals surface area contributed by atoms with Crippen molar-refractivity contribution in [1.82, 2.24) is 0 Å². The van der Waals surface area contributed by atoms with Gasteiger partial charge in [0.25, 0.3) is 0 Å². The van der Waals surface area contributed by atoms with E-state index in [2.05, 4.69) is 19.9 Å². The SMILES string of the molecule is CC1=CC(SCCCCCC(=O)C#N)=C(C)CC1. The molecule has 0 unspecified atom stereocenters. The zero-order chi connectivity index (χ0) is 13.4. The van der Waals surface area contributed by atoms with Crippen LogP contribution >= 0.6 is 11.8 Å². The molecule has 98 valence electrons. The van der Waals surface area contributed by atoms with Crippen LogP contribution in [0.2, 0.25) is 0 Å². The molecule has 1 rings (SSSR count). The van der Waals surface area contributed by atoms with Crippen molar-refractivity contribution < 1.29 is 4.79 Å². The van der Waals surface area contributed by atoms with E-state index in [4.69, 9.17) is 5.26 Å². The quantitative estimate of drug-likeness (QED) is 0.505. The second-order valence-corrected chi connectivity index (χ2v) is 5.97. The van der Waals surface area contributed by atoms with Crippen molar-refractivity contribution in [3.63, 3.8) is 0 Å². The second kappa shape index (κ2) is 8.16. The third-order valence-corrected chi connectivity index (χ3v) is 4.39. The molecule has 0 amide bonds. The molecule has 0 aliphatic heterocycles. The average molecular weight is 263 g/mol. The zero-order valence-corrected chi connectivity index (χ0v) is 12.1. The third kappa shape index (κ3) is 5.55. The molecule has 1 aliphatic rings. The molecule has 0 spiro atoms. The molecule has 0 aromatic carbocycles. The van der Waals surface area contributed by atoms with Gasteiger partial charge in [0, 0.05) is 11.3 Å². The first-order valence-electron chi connectivity index (χ1n) is 6.56. The molecule has 0 saturated heterocycles. The minimum atomic E-state index is -0.285. The molecule has 1 aliphatic carbocycles. The lowest BCUT2D eigenvalue weighted by molar-refractivity contribution is -0.114. The number of carbonyl (C=O) groups excluding carboxylic acids is 1. The van der Waals surface area contributed by atoms with Crippen molar-refractivity contribution in [2.75, 3.05) is 5.75 Å². The maximum Gasteiger partial charge on any atom is 0.231 e. The molecule has 0 bridgehead atoms. The van der Waals surface area contributed by atoms with Gasteiger partial charge in [0.05, 0.1) is 0 Å². The molecule has 18 heavy (non-hydrogen) atoms. The van der Waals surface area contributed by atoms with E-state index in [1.807, 2.05) is 11.8 Å². The van der Waals surface area contributed by atoms with Crippen molar-refractivity contribution >= 4 is 17.5 Å². The van der Waals surface area contributed by atoms with Crippen molar-refractivity contribution in [2.45, 2.75) is 52.4 Å². The molecular weight excluding hydrogens is 242 g/mol. The Kier molecular flexibility index (Phi) is 6.82. The molecule has 3 heteroatoms. The number of hydrogen-bond donors (Lipinski definition) is 0. The lowest BCUT2D eigenvalue weighted by Gasteiger charge is -2.15. The normalized spacial score (nSPS) is 15.3. The highest BCUT2D eigenvalue weighted by molar-refractivity contribution is 8.03. The number of allylic oxidation sites excluding steroid dienone is 3. The van der Waals surface area contributed by atoms with E-state index in [0.29, 0.717) is 6.42 Å². The standard InChI is InChI=1S/C15H21NOS/c1-12-7-8-13(2)15(10-12)18-9-5-3-4-6-14(17)11-16/h10H,3-9H2,1-2H3. The molecule has 0 radical (unpaired) electrons. The summed E-state index contributed by atoms with van der Waals surface area (Å²) < 4.78 is 0. The predicted molar refractivity (Wildman–Crippen MR) is 77.2 cm³/mol. The summed E-state index contributed by atoms with van der Waals surface area (Å²) in [4.78, 5) is 12.2. The van der Waals surface area contributed by atoms with Crippen LogP contribution in [-0.4, -0.2) is 11.5 Å². The Hall–Kier alpha value is -1.01. The number of rotatable bonds is 7. The van der Waals surface area contributed by atoms with Crippen LogP contribution in [0.3, 0.4) is 0 Å². The summed E-state index contributed by atoms with van der Waals surface area (Å²) in [6.07, 6.45) is 8.13. The molecule has 0 saturated carbocycles. The summed E-state index contributed by atoms with van der Waals surface area (Å²) in [6.45, 7) is 4.41. The fourth-order valence-corrected chi connectivity index (χ4v) is 3.10. The number of unbranched alkanes of at least 4 members (excludes halogenated alkanes) is 2. The van der Waals surface area contributed by atoms with Crippen molar-refractivity contribution in [1.29, 1.82) is 5.26 Å². The number of hydrogen-bond acceptors (Lipinski definition) is 3. The highest BCUT2D eigenvalue weighted by Crippen LogP contribution is 2.31. The number of ketones is 1. The van der Waals surface area contributed by atoms with Crippen LogP contribution in [0.5, 0.6) is 0 Å². The van der Waals surface area contributed by atoms with E-state index in [0.717, 1.165) is 25.0 Å². The van der Waals surface area contributed by atoms with Crippen LogP contribution in [0, 0.1) is 11.3 Å². The van der Waals surface area contributed by atoms with Crippen molar-refractivity contribution in [2.24, 2.45) is 0 Å². The van der Waals surface area contributed by atoms with Gasteiger partial charge in [0.15, 0.2) is 0 Å². The van der Waals surface area contributed by atoms with E-state index >= 15 is 0 Å². The van der Waals surface area contributed by atoms with Crippen LogP contribution in [-0.2, 0) is 4.79 Å². The lowest BCUT2D eigenvalue weighted by atomic mass is 10.0. The van der Waals surface area contributed by atoms with E-state index in [9.17, 15) is 4.79 Å². The number of thioether (sulfide) groups is 1. The van der Waals surface area contributed by atoms with Crippen molar-refractivity contribution in [3.05, 3.63) is 22.1 Å². The van der Waals surface area contributed by atoms with Crippen LogP contribution < -0.4 is 0 Å². The van der Waals surface area contributed by atoms with Gasteiger partial charge in [-0.3, -0.25) is 4.79 Å². The van der Waals surface area contributed by atoms with E-state index in [1.165, 1.54) is 28.9 Å². The topological polar surface area (TPSA) is 40.9 Å². The molecular formula is C15H21NOS. The molecule has 0 fully saturated rings. The Balaban J connectivity index is 2.15. The Labute approximate surface area is 114 Å². The fraction of sp³-hybridized carbons (Fsp3) is 0.600. The highest BCUT2D eigenvalue weighted by Gasteiger charge is 2.07. The fourth-order valence-electron chi connectivity index (χ4n) is 1.89. The lowest BCUT2D eigenvalue weighted by Crippen LogP contribution is -1.95. The summed E-state index contributed by atoms with van der Waals surface area (Å²) in [6, 6.07) is 1.66. The minimum absolute atomic E-state index is 0.285. The minimum Gasteiger partial charge on any atom is -0.283 e. The van der Waals surface area contributed by atoms with Crippen LogP contribution in [0.25, 0.3) is 0 Å². The summed E-state index contributed by atoms with van der Waals surface area (Å²) in [5.74, 6) is 0.823. The summed E-state index contributed by atoms with van der Waals surface area (Å²) >= 11 is 1.93. The monoisotopic (exact) mass is 263 g/mol. The molecule has 2 nitrogen and oxygen atoms in total. The van der Waals surface area contributed by atoms with Gasteiger partial charge < -0.3 is 0 Å². The maximum atomic E-state index is 10.8. The smallest absolute Gasteiger partial charge is 0.231 e. The van der Waals surface area contributed by atoms with Gasteiger partial charge >= 0.3 is 0 Å². The van der Waals surface area contributed by atoms with Gasteiger partial charge in [-0.1, -0.05) is 17.6 Å². The second-order valence-electron chi connectivity index (χ2n) is 4.83. The first-order valence-corrected chi connectivity index (χ1v) is 7.54. The first-order chi connectivity index (χ1) is 8.63. The number of nitriles is 1. The van der Waals surface area contributed by atoms with E-state index in [-0.39, 0.29) is 5.78 Å². The number of carbonyl (C=O) groups is 1. The average Bonchev–Trinajstić information content (AvgIpc) is 2.37. The van der Waals surface area contributed by atoms with E-state index < -0.39 is 0 Å². The summed E-state index contributed by atoms with van der Waals surface area (Å²) in [5.41, 5.74) is 2.98. The van der Waals surface area contributed by atoms with Gasteiger partial charge in [-0.05, 0) is 51.4 Å². The largest absolute Gasteiger partial charge is 0.283 e. The van der Waals surface area contributed by atoms with Crippen LogP contribution in [0.1, 0.15) is 52.4 Å². The molecule has 0 atom stereocenters. The van der Waals surface area contributed by atoms with Gasteiger partial charge in [-0.25, -0.2) is 0 Å². The Bertz CT molecular complexity index is 401. The van der Waals surface area contributed by atoms with E-state index in [1.54, 1.807) is 6.07 Å². The van der Waals surface area contributed by atoms with Gasteiger partial charge in [-0.15, -0.1) is 11.8 Å². The molecule has 0 aromatic rings. The predicted octanol–water partition coefficient (Wildman–Crippen LogP) is 4.39. The van der Waals surface area contributed by atoms with Crippen LogP contribution in [0.4, 0.5) is 0 Å². The first kappa shape index (κ1) is 15.0. The highest BCUT2D eigenvalue weighted by atomic mass is 32.2. The zero-order valence-electron chi connectivity index (χ0n) is 11.3. The van der Waals surface area contributed by atoms with Gasteiger partial charge in [0.1, 0.15) is 6.07 Å². The van der Waals surface area contributed by atoms with Gasteiger partial charge in [0.2, 0.25) is 5.78 Å². The Morgan fingerprint density at radius 2 is 2.11 bits per heavy atom. The molecule has 0 aromatic heterocycles. The third-order valence-electron chi connectivity index (χ3n) is 3.12. The Morgan fingerprint density at radius 3 is 2.83 bits per heavy atom. The number of Topliss-reactive ketones (excluding diaryl/α,β-unsaturated/α-hetero) is 1. The maximum absolute atomic E-state index is 10.8. The summed E-state index contributed by atoms with van der Waals surface area (Å²) in [5, 5.41) is 8.35. The van der Waals surface area contributed by atoms with Crippen molar-refractivity contribution in [3.8, 4) is 6.07 Å². The Morgan fingerprint density at radius 1 is 1.33 bits per heavy atom. The number of nitrogens with zero attached hydrogens (tertiary/aromatic N) is 1. The van der Waals surface area contributed by atoms with Gasteiger partial charge in [-0.2, -0.15) is 5.26 Å². The van der Waals surface area contributed by atoms with Crippen LogP contribution in [0.15, 0.2) is 22.1 Å².